The molecule has 0 atom stereocenters. The van der Waals surface area contributed by atoms with Crippen molar-refractivity contribution < 1.29 is 21.6 Å². The van der Waals surface area contributed by atoms with Crippen molar-refractivity contribution in [3.63, 3.8) is 0 Å². The largest absolute Gasteiger partial charge is 0.419 e. The van der Waals surface area contributed by atoms with E-state index in [0.717, 1.165) is 0 Å². The maximum absolute atomic E-state index is 14.2. The van der Waals surface area contributed by atoms with Gasteiger partial charge >= 0.3 is 0 Å². The molecule has 0 radical (unpaired) electrons. The molecular formula is C21H13ClF2N2O3S. The topological polar surface area (TPSA) is 72.2 Å². The summed E-state index contributed by atoms with van der Waals surface area (Å²) in [4.78, 5) is 3.99. The van der Waals surface area contributed by atoms with Crippen molar-refractivity contribution >= 4 is 33.0 Å². The minimum atomic E-state index is -4.14. The van der Waals surface area contributed by atoms with Crippen molar-refractivity contribution in [1.29, 1.82) is 0 Å². The molecule has 0 aliphatic carbocycles. The van der Waals surface area contributed by atoms with Crippen LogP contribution in [0.25, 0.3) is 11.5 Å². The van der Waals surface area contributed by atoms with Crippen LogP contribution in [0.2, 0.25) is 5.02 Å². The molecule has 4 aromatic rings. The summed E-state index contributed by atoms with van der Waals surface area (Å²) in [6.45, 7) is 0. The van der Waals surface area contributed by atoms with Crippen LogP contribution in [0.3, 0.4) is 0 Å². The Kier molecular flexibility index (Phi) is 5.27. The molecule has 9 heteroatoms. The third kappa shape index (κ3) is 3.92. The Morgan fingerprint density at radius 3 is 2.23 bits per heavy atom. The Balaban J connectivity index is 1.85. The fraction of sp³-hybridized carbons (Fsp3) is 0. The van der Waals surface area contributed by atoms with Crippen molar-refractivity contribution in [2.75, 3.05) is 5.32 Å². The number of anilines is 2. The molecule has 0 saturated heterocycles. The molecule has 0 unspecified atom stereocenters. The van der Waals surface area contributed by atoms with Crippen molar-refractivity contribution in [2.24, 2.45) is 0 Å². The molecule has 152 valence electrons. The van der Waals surface area contributed by atoms with E-state index in [1.165, 1.54) is 66.7 Å². The lowest BCUT2D eigenvalue weighted by atomic mass is 10.2. The zero-order valence-electron chi connectivity index (χ0n) is 15.1. The van der Waals surface area contributed by atoms with E-state index < -0.39 is 26.5 Å². The summed E-state index contributed by atoms with van der Waals surface area (Å²) < 4.78 is 59.4. The van der Waals surface area contributed by atoms with Gasteiger partial charge in [-0.05, 0) is 60.7 Å². The normalized spacial score (nSPS) is 11.4. The van der Waals surface area contributed by atoms with Gasteiger partial charge in [0.1, 0.15) is 11.6 Å². The number of rotatable bonds is 5. The molecule has 0 amide bonds. The van der Waals surface area contributed by atoms with Crippen LogP contribution in [0.1, 0.15) is 0 Å². The van der Waals surface area contributed by atoms with E-state index in [1.807, 2.05) is 0 Å². The first-order valence-corrected chi connectivity index (χ1v) is 10.5. The molecule has 1 aromatic heterocycles. The first-order chi connectivity index (χ1) is 14.3. The summed E-state index contributed by atoms with van der Waals surface area (Å²) in [6, 6.07) is 16.4. The Morgan fingerprint density at radius 1 is 0.900 bits per heavy atom. The predicted octanol–water partition coefficient (Wildman–Crippen LogP) is 5.85. The summed E-state index contributed by atoms with van der Waals surface area (Å²) >= 11 is 5.85. The Labute approximate surface area is 175 Å². The number of hydrogen-bond donors (Lipinski definition) is 1. The van der Waals surface area contributed by atoms with Crippen molar-refractivity contribution in [2.45, 2.75) is 9.92 Å². The van der Waals surface area contributed by atoms with Crippen LogP contribution in [0, 0.1) is 11.6 Å². The van der Waals surface area contributed by atoms with Gasteiger partial charge in [0.25, 0.3) is 0 Å². The maximum atomic E-state index is 14.2. The highest BCUT2D eigenvalue weighted by molar-refractivity contribution is 7.91. The van der Waals surface area contributed by atoms with Gasteiger partial charge in [0.2, 0.25) is 26.6 Å². The van der Waals surface area contributed by atoms with Crippen LogP contribution < -0.4 is 5.32 Å². The molecule has 0 saturated carbocycles. The minimum Gasteiger partial charge on any atom is -0.419 e. The van der Waals surface area contributed by atoms with Gasteiger partial charge in [-0.1, -0.05) is 23.7 Å². The maximum Gasteiger partial charge on any atom is 0.238 e. The molecule has 3 aromatic carbocycles. The van der Waals surface area contributed by atoms with Crippen molar-refractivity contribution in [3.8, 4) is 11.5 Å². The summed E-state index contributed by atoms with van der Waals surface area (Å²) in [6.07, 6.45) is 0. The molecule has 1 N–H and O–H groups in total. The van der Waals surface area contributed by atoms with E-state index in [9.17, 15) is 17.2 Å². The van der Waals surface area contributed by atoms with Crippen molar-refractivity contribution in [3.05, 3.63) is 89.5 Å². The number of halogens is 3. The quantitative estimate of drug-likeness (QED) is 0.416. The second-order valence-corrected chi connectivity index (χ2v) is 8.52. The second-order valence-electron chi connectivity index (χ2n) is 6.22. The zero-order valence-corrected chi connectivity index (χ0v) is 16.7. The van der Waals surface area contributed by atoms with Gasteiger partial charge in [-0.2, -0.15) is 4.98 Å². The smallest absolute Gasteiger partial charge is 0.238 e. The van der Waals surface area contributed by atoms with Gasteiger partial charge in [-0.3, -0.25) is 0 Å². The van der Waals surface area contributed by atoms with Gasteiger partial charge in [-0.25, -0.2) is 17.2 Å². The van der Waals surface area contributed by atoms with E-state index in [0.29, 0.717) is 10.7 Å². The molecule has 0 fully saturated rings. The Morgan fingerprint density at radius 2 is 1.57 bits per heavy atom. The number of sulfone groups is 1. The molecular weight excluding hydrogens is 434 g/mol. The van der Waals surface area contributed by atoms with Crippen LogP contribution in [0.5, 0.6) is 0 Å². The van der Waals surface area contributed by atoms with E-state index in [4.69, 9.17) is 16.0 Å². The lowest BCUT2D eigenvalue weighted by molar-refractivity contribution is 0.572. The summed E-state index contributed by atoms with van der Waals surface area (Å²) in [7, 11) is -4.14. The minimum absolute atomic E-state index is 0.00258. The predicted molar refractivity (Wildman–Crippen MR) is 108 cm³/mol. The number of benzene rings is 3. The van der Waals surface area contributed by atoms with Gasteiger partial charge in [0, 0.05) is 10.7 Å². The number of hydrogen-bond acceptors (Lipinski definition) is 5. The first kappa shape index (κ1) is 20.1. The number of nitrogens with zero attached hydrogens (tertiary/aromatic N) is 1. The summed E-state index contributed by atoms with van der Waals surface area (Å²) in [5.74, 6) is -1.53. The lowest BCUT2D eigenvalue weighted by Gasteiger charge is -2.06. The second kappa shape index (κ2) is 7.89. The fourth-order valence-corrected chi connectivity index (χ4v) is 4.09. The average Bonchev–Trinajstić information content (AvgIpc) is 3.15. The Bertz CT molecular complexity index is 1310. The van der Waals surface area contributed by atoms with Gasteiger partial charge in [-0.15, -0.1) is 0 Å². The van der Waals surface area contributed by atoms with Crippen LogP contribution in [0.15, 0.2) is 87.1 Å². The number of nitrogens with one attached hydrogen (secondary N) is 1. The van der Waals surface area contributed by atoms with Gasteiger partial charge < -0.3 is 9.73 Å². The molecule has 4 rings (SSSR count). The van der Waals surface area contributed by atoms with Crippen LogP contribution in [-0.2, 0) is 9.84 Å². The van der Waals surface area contributed by atoms with Crippen LogP contribution >= 0.6 is 11.6 Å². The zero-order chi connectivity index (χ0) is 21.3. The van der Waals surface area contributed by atoms with E-state index in [-0.39, 0.29) is 22.2 Å². The highest BCUT2D eigenvalue weighted by atomic mass is 35.5. The van der Waals surface area contributed by atoms with E-state index in [1.54, 1.807) is 6.07 Å². The molecule has 0 spiro atoms. The van der Waals surface area contributed by atoms with E-state index >= 15 is 0 Å². The fourth-order valence-electron chi connectivity index (χ4n) is 2.71. The SMILES string of the molecule is O=S(=O)(c1ccc(Cl)cc1)c1nc(-c2ccccc2F)oc1Nc1ccc(F)cc1. The molecule has 5 nitrogen and oxygen atoms in total. The highest BCUT2D eigenvalue weighted by Crippen LogP contribution is 2.35. The lowest BCUT2D eigenvalue weighted by Crippen LogP contribution is -2.05. The monoisotopic (exact) mass is 446 g/mol. The number of oxazole rings is 1. The molecule has 30 heavy (non-hydrogen) atoms. The van der Waals surface area contributed by atoms with Crippen LogP contribution in [-0.4, -0.2) is 13.4 Å². The first-order valence-electron chi connectivity index (χ1n) is 8.63. The van der Waals surface area contributed by atoms with Gasteiger partial charge in [0.15, 0.2) is 0 Å². The standard InChI is InChI=1S/C21H13ClF2N2O3S/c22-13-5-11-16(12-6-13)30(27,28)21-20(25-15-9-7-14(23)8-10-15)29-19(26-21)17-3-1-2-4-18(17)24/h1-12,25H. The molecule has 1 heterocycles. The number of aromatic nitrogens is 1. The Hall–Kier alpha value is -3.23. The molecule has 0 aliphatic heterocycles. The highest BCUT2D eigenvalue weighted by Gasteiger charge is 2.29. The van der Waals surface area contributed by atoms with Crippen LogP contribution in [0.4, 0.5) is 20.4 Å². The molecule has 0 aliphatic rings. The third-order valence-electron chi connectivity index (χ3n) is 4.18. The third-order valence-corrected chi connectivity index (χ3v) is 6.11. The van der Waals surface area contributed by atoms with Crippen molar-refractivity contribution in [1.82, 2.24) is 4.98 Å². The van der Waals surface area contributed by atoms with Gasteiger partial charge in [0.05, 0.1) is 10.5 Å². The molecule has 0 bridgehead atoms. The van der Waals surface area contributed by atoms with E-state index in [2.05, 4.69) is 10.3 Å². The summed E-state index contributed by atoms with van der Waals surface area (Å²) in [5, 5.41) is 2.70. The average molecular weight is 447 g/mol. The summed E-state index contributed by atoms with van der Waals surface area (Å²) in [5.41, 5.74) is 0.359.